The Morgan fingerprint density at radius 1 is 1.14 bits per heavy atom. The number of rotatable bonds is 4. The number of piperazine rings is 1. The van der Waals surface area contributed by atoms with E-state index in [4.69, 9.17) is 0 Å². The molecule has 1 aliphatic heterocycles. The Hall–Kier alpha value is -1.39. The number of carbonyl (C=O) groups is 1. The second kappa shape index (κ2) is 7.25. The fraction of sp³-hybridized carbons (Fsp3) is 0.611. The number of carbonyl (C=O) groups excluding carboxylic acids is 1. The Bertz CT molecular complexity index is 520. The molecule has 0 spiro atoms. The van der Waals surface area contributed by atoms with Crippen molar-refractivity contribution >= 4 is 5.91 Å². The maximum atomic E-state index is 12.0. The first-order chi connectivity index (χ1) is 10.4. The van der Waals surface area contributed by atoms with E-state index in [-0.39, 0.29) is 11.8 Å². The van der Waals surface area contributed by atoms with Crippen LogP contribution in [0.2, 0.25) is 0 Å². The van der Waals surface area contributed by atoms with Gasteiger partial charge in [-0.1, -0.05) is 32.0 Å². The summed E-state index contributed by atoms with van der Waals surface area (Å²) < 4.78 is 0. The number of benzene rings is 1. The molecule has 1 aliphatic rings. The minimum Gasteiger partial charge on any atom is -0.387 e. The third kappa shape index (κ3) is 4.08. The van der Waals surface area contributed by atoms with Crippen molar-refractivity contribution in [1.29, 1.82) is 0 Å². The largest absolute Gasteiger partial charge is 0.387 e. The first-order valence-corrected chi connectivity index (χ1v) is 8.15. The van der Waals surface area contributed by atoms with Crippen molar-refractivity contribution in [3.8, 4) is 0 Å². The molecule has 1 aromatic carbocycles. The van der Waals surface area contributed by atoms with Gasteiger partial charge in [0.15, 0.2) is 0 Å². The number of hydrogen-bond acceptors (Lipinski definition) is 3. The summed E-state index contributed by atoms with van der Waals surface area (Å²) in [6.45, 7) is 11.9. The van der Waals surface area contributed by atoms with E-state index < -0.39 is 6.10 Å². The maximum Gasteiger partial charge on any atom is 0.225 e. The molecule has 0 bridgehead atoms. The number of aliphatic hydroxyl groups excluding tert-OH is 1. The van der Waals surface area contributed by atoms with E-state index in [9.17, 15) is 9.90 Å². The maximum absolute atomic E-state index is 12.0. The lowest BCUT2D eigenvalue weighted by Crippen LogP contribution is -2.50. The van der Waals surface area contributed by atoms with Crippen molar-refractivity contribution in [3.05, 3.63) is 34.9 Å². The fourth-order valence-electron chi connectivity index (χ4n) is 2.84. The minimum absolute atomic E-state index is 0.0627. The second-order valence-electron chi connectivity index (χ2n) is 6.64. The molecule has 122 valence electrons. The average molecular weight is 304 g/mol. The summed E-state index contributed by atoms with van der Waals surface area (Å²) in [5.41, 5.74) is 3.43. The number of nitrogens with zero attached hydrogens (tertiary/aromatic N) is 2. The van der Waals surface area contributed by atoms with E-state index in [1.165, 1.54) is 11.1 Å². The van der Waals surface area contributed by atoms with Gasteiger partial charge in [-0.3, -0.25) is 9.69 Å². The molecule has 0 radical (unpaired) electrons. The molecule has 1 heterocycles. The topological polar surface area (TPSA) is 43.8 Å². The average Bonchev–Trinajstić information content (AvgIpc) is 2.50. The second-order valence-corrected chi connectivity index (χ2v) is 6.64. The van der Waals surface area contributed by atoms with Gasteiger partial charge in [-0.15, -0.1) is 0 Å². The van der Waals surface area contributed by atoms with Gasteiger partial charge < -0.3 is 10.0 Å². The van der Waals surface area contributed by atoms with E-state index in [2.05, 4.69) is 30.9 Å². The van der Waals surface area contributed by atoms with E-state index >= 15 is 0 Å². The zero-order valence-electron chi connectivity index (χ0n) is 14.2. The molecule has 1 aromatic rings. The van der Waals surface area contributed by atoms with E-state index in [0.717, 1.165) is 31.7 Å². The molecule has 0 aliphatic carbocycles. The van der Waals surface area contributed by atoms with Crippen LogP contribution in [0, 0.1) is 19.8 Å². The number of β-amino-alcohol motifs (C(OH)–C–C–N with tert-alkyl or cyclic N) is 1. The Balaban J connectivity index is 1.87. The molecule has 2 rings (SSSR count). The smallest absolute Gasteiger partial charge is 0.225 e. The molecule has 4 nitrogen and oxygen atoms in total. The summed E-state index contributed by atoms with van der Waals surface area (Å²) >= 11 is 0. The van der Waals surface area contributed by atoms with Crippen molar-refractivity contribution in [3.63, 3.8) is 0 Å². The van der Waals surface area contributed by atoms with E-state index in [1.807, 2.05) is 24.8 Å². The quantitative estimate of drug-likeness (QED) is 0.927. The van der Waals surface area contributed by atoms with Gasteiger partial charge in [-0.25, -0.2) is 0 Å². The molecule has 0 unspecified atom stereocenters. The third-order valence-electron chi connectivity index (χ3n) is 4.52. The van der Waals surface area contributed by atoms with Crippen LogP contribution in [-0.4, -0.2) is 53.5 Å². The molecule has 1 atom stereocenters. The number of aliphatic hydroxyl groups is 1. The van der Waals surface area contributed by atoms with Crippen LogP contribution >= 0.6 is 0 Å². The van der Waals surface area contributed by atoms with Crippen molar-refractivity contribution in [2.75, 3.05) is 32.7 Å². The predicted molar refractivity (Wildman–Crippen MR) is 88.7 cm³/mol. The van der Waals surface area contributed by atoms with Crippen molar-refractivity contribution in [1.82, 2.24) is 9.80 Å². The van der Waals surface area contributed by atoms with Gasteiger partial charge in [0.2, 0.25) is 5.91 Å². The van der Waals surface area contributed by atoms with Crippen LogP contribution in [0.15, 0.2) is 18.2 Å². The first-order valence-electron chi connectivity index (χ1n) is 8.15. The zero-order valence-corrected chi connectivity index (χ0v) is 14.2. The van der Waals surface area contributed by atoms with Crippen LogP contribution in [0.25, 0.3) is 0 Å². The summed E-state index contributed by atoms with van der Waals surface area (Å²) in [5.74, 6) is 0.294. The highest BCUT2D eigenvalue weighted by molar-refractivity contribution is 5.78. The number of amides is 1. The van der Waals surface area contributed by atoms with Gasteiger partial charge in [-0.05, 0) is 30.5 Å². The zero-order chi connectivity index (χ0) is 16.3. The monoisotopic (exact) mass is 304 g/mol. The van der Waals surface area contributed by atoms with Crippen LogP contribution in [0.5, 0.6) is 0 Å². The van der Waals surface area contributed by atoms with Gasteiger partial charge in [0, 0.05) is 38.6 Å². The molecule has 4 heteroatoms. The molecule has 0 saturated carbocycles. The first kappa shape index (κ1) is 17.0. The van der Waals surface area contributed by atoms with Gasteiger partial charge in [0.05, 0.1) is 6.10 Å². The molecule has 0 aromatic heterocycles. The number of hydrogen-bond donors (Lipinski definition) is 1. The fourth-order valence-corrected chi connectivity index (χ4v) is 2.84. The Morgan fingerprint density at radius 2 is 1.77 bits per heavy atom. The molecule has 1 N–H and O–H groups in total. The van der Waals surface area contributed by atoms with Crippen molar-refractivity contribution in [2.24, 2.45) is 5.92 Å². The minimum atomic E-state index is -0.466. The summed E-state index contributed by atoms with van der Waals surface area (Å²) in [4.78, 5) is 16.1. The highest BCUT2D eigenvalue weighted by atomic mass is 16.3. The summed E-state index contributed by atoms with van der Waals surface area (Å²) in [5, 5.41) is 10.4. The molecule has 1 saturated heterocycles. The van der Waals surface area contributed by atoms with E-state index in [0.29, 0.717) is 6.54 Å². The Morgan fingerprint density at radius 3 is 2.32 bits per heavy atom. The molecule has 22 heavy (non-hydrogen) atoms. The molecular weight excluding hydrogens is 276 g/mol. The standard InChI is InChI=1S/C18H28N2O2/c1-13(2)18(22)20-9-7-19(8-10-20)12-17(21)16-6-5-14(3)15(4)11-16/h5-6,11,13,17,21H,7-10,12H2,1-4H3/t17-/m0/s1. The van der Waals surface area contributed by atoms with Crippen LogP contribution in [0.1, 0.15) is 36.6 Å². The lowest BCUT2D eigenvalue weighted by Gasteiger charge is -2.36. The van der Waals surface area contributed by atoms with E-state index in [1.54, 1.807) is 0 Å². The van der Waals surface area contributed by atoms with Crippen molar-refractivity contribution < 1.29 is 9.90 Å². The van der Waals surface area contributed by atoms with Crippen LogP contribution in [-0.2, 0) is 4.79 Å². The highest BCUT2D eigenvalue weighted by Crippen LogP contribution is 2.19. The van der Waals surface area contributed by atoms with Gasteiger partial charge in [-0.2, -0.15) is 0 Å². The van der Waals surface area contributed by atoms with Crippen LogP contribution in [0.4, 0.5) is 0 Å². The highest BCUT2D eigenvalue weighted by Gasteiger charge is 2.24. The molecular formula is C18H28N2O2. The Kier molecular flexibility index (Phi) is 5.59. The molecule has 1 fully saturated rings. The lowest BCUT2D eigenvalue weighted by atomic mass is 10.0. The Labute approximate surface area is 133 Å². The SMILES string of the molecule is Cc1ccc([C@@H](O)CN2CCN(C(=O)C(C)C)CC2)cc1C. The molecule has 1 amide bonds. The normalized spacial score (nSPS) is 17.8. The van der Waals surface area contributed by atoms with Gasteiger partial charge >= 0.3 is 0 Å². The van der Waals surface area contributed by atoms with Crippen molar-refractivity contribution in [2.45, 2.75) is 33.8 Å². The van der Waals surface area contributed by atoms with Gasteiger partial charge in [0.1, 0.15) is 0 Å². The summed E-state index contributed by atoms with van der Waals surface area (Å²) in [7, 11) is 0. The van der Waals surface area contributed by atoms with Crippen LogP contribution in [0.3, 0.4) is 0 Å². The summed E-state index contributed by atoms with van der Waals surface area (Å²) in [6, 6.07) is 6.14. The number of aryl methyl sites for hydroxylation is 2. The summed E-state index contributed by atoms with van der Waals surface area (Å²) in [6.07, 6.45) is -0.466. The van der Waals surface area contributed by atoms with Crippen LogP contribution < -0.4 is 0 Å². The third-order valence-corrected chi connectivity index (χ3v) is 4.52. The predicted octanol–water partition coefficient (Wildman–Crippen LogP) is 2.14. The lowest BCUT2D eigenvalue weighted by molar-refractivity contribution is -0.136. The van der Waals surface area contributed by atoms with Gasteiger partial charge in [0.25, 0.3) is 0 Å².